The fourth-order valence-corrected chi connectivity index (χ4v) is 4.66. The van der Waals surface area contributed by atoms with Crippen molar-refractivity contribution in [2.24, 2.45) is 11.8 Å². The van der Waals surface area contributed by atoms with Gasteiger partial charge in [-0.15, -0.1) is 0 Å². The third-order valence-electron chi connectivity index (χ3n) is 6.06. The second-order valence-electron chi connectivity index (χ2n) is 7.91. The van der Waals surface area contributed by atoms with Crippen molar-refractivity contribution < 1.29 is 27.5 Å². The monoisotopic (exact) mass is 429 g/mol. The number of ether oxygens (including phenoxy) is 1. The maximum Gasteiger partial charge on any atom is 0.416 e. The van der Waals surface area contributed by atoms with E-state index in [0.717, 1.165) is 12.1 Å². The number of halogens is 3. The molecule has 0 radical (unpaired) electrons. The van der Waals surface area contributed by atoms with Gasteiger partial charge in [0.05, 0.1) is 42.3 Å². The predicted octanol–water partition coefficient (Wildman–Crippen LogP) is 2.70. The van der Waals surface area contributed by atoms with Crippen LogP contribution in [0.5, 0.6) is 0 Å². The molecule has 4 atom stereocenters. The Morgan fingerprint density at radius 1 is 1.26 bits per heavy atom. The molecule has 5 rings (SSSR count). The Bertz CT molecular complexity index is 1070. The van der Waals surface area contributed by atoms with E-state index in [1.54, 1.807) is 36.5 Å². The molecule has 1 N–H and O–H groups in total. The van der Waals surface area contributed by atoms with Gasteiger partial charge in [0.2, 0.25) is 11.8 Å². The summed E-state index contributed by atoms with van der Waals surface area (Å²) in [6, 6.07) is 9.97. The summed E-state index contributed by atoms with van der Waals surface area (Å²) in [6.45, 7) is 0.271. The number of alkyl halides is 3. The first-order chi connectivity index (χ1) is 14.8. The summed E-state index contributed by atoms with van der Waals surface area (Å²) in [5.74, 6) is -2.30. The van der Waals surface area contributed by atoms with Gasteiger partial charge in [0.1, 0.15) is 5.60 Å². The first-order valence-corrected chi connectivity index (χ1v) is 9.82. The number of anilines is 1. The molecule has 3 aliphatic heterocycles. The zero-order valence-corrected chi connectivity index (χ0v) is 16.2. The smallest absolute Gasteiger partial charge is 0.360 e. The highest BCUT2D eigenvalue weighted by Gasteiger charge is 2.67. The highest BCUT2D eigenvalue weighted by molar-refractivity contribution is 6.03. The summed E-state index contributed by atoms with van der Waals surface area (Å²) < 4.78 is 45.4. The molecule has 6 nitrogen and oxygen atoms in total. The maximum atomic E-state index is 13.3. The van der Waals surface area contributed by atoms with Gasteiger partial charge in [0.15, 0.2) is 0 Å². The van der Waals surface area contributed by atoms with Crippen LogP contribution in [0.25, 0.3) is 0 Å². The van der Waals surface area contributed by atoms with Gasteiger partial charge in [-0.3, -0.25) is 14.6 Å². The van der Waals surface area contributed by atoms with Crippen LogP contribution in [0.4, 0.5) is 18.9 Å². The van der Waals surface area contributed by atoms with Crippen LogP contribution < -0.4 is 10.2 Å². The number of hydrogen-bond acceptors (Lipinski definition) is 4. The quantitative estimate of drug-likeness (QED) is 0.759. The first-order valence-electron chi connectivity index (χ1n) is 9.82. The molecule has 2 bridgehead atoms. The number of hydrogen-bond donors (Lipinski definition) is 1. The highest BCUT2D eigenvalue weighted by Crippen LogP contribution is 2.52. The summed E-state index contributed by atoms with van der Waals surface area (Å²) >= 11 is 0. The fourth-order valence-electron chi connectivity index (χ4n) is 4.66. The van der Waals surface area contributed by atoms with E-state index in [2.05, 4.69) is 10.3 Å². The number of fused-ring (bicyclic) bond motifs is 1. The molecule has 3 aliphatic rings. The van der Waals surface area contributed by atoms with E-state index in [1.165, 1.54) is 17.0 Å². The topological polar surface area (TPSA) is 71.5 Å². The van der Waals surface area contributed by atoms with E-state index in [9.17, 15) is 22.8 Å². The molecule has 2 fully saturated rings. The van der Waals surface area contributed by atoms with Crippen LogP contribution >= 0.6 is 0 Å². The van der Waals surface area contributed by atoms with Crippen molar-refractivity contribution >= 4 is 17.5 Å². The average Bonchev–Trinajstić information content (AvgIpc) is 3.40. The van der Waals surface area contributed by atoms with E-state index in [0.29, 0.717) is 5.69 Å². The molecule has 160 valence electrons. The second kappa shape index (κ2) is 6.91. The minimum Gasteiger partial charge on any atom is -0.360 e. The lowest BCUT2D eigenvalue weighted by molar-refractivity contribution is -0.137. The molecule has 4 heterocycles. The first kappa shape index (κ1) is 19.7. The normalized spacial score (nSPS) is 28.8. The van der Waals surface area contributed by atoms with Gasteiger partial charge < -0.3 is 15.0 Å². The minimum absolute atomic E-state index is 0.0643. The molecule has 1 aromatic heterocycles. The number of amides is 2. The van der Waals surface area contributed by atoms with Gasteiger partial charge in [0, 0.05) is 11.9 Å². The molecule has 2 aromatic rings. The lowest BCUT2D eigenvalue weighted by Gasteiger charge is -2.23. The van der Waals surface area contributed by atoms with Crippen molar-refractivity contribution in [3.63, 3.8) is 0 Å². The molecule has 2 amide bonds. The van der Waals surface area contributed by atoms with E-state index >= 15 is 0 Å². The van der Waals surface area contributed by atoms with Crippen LogP contribution in [0.15, 0.2) is 60.8 Å². The lowest BCUT2D eigenvalue weighted by atomic mass is 9.77. The summed E-state index contributed by atoms with van der Waals surface area (Å²) in [4.78, 5) is 31.7. The van der Waals surface area contributed by atoms with Crippen molar-refractivity contribution in [1.82, 2.24) is 10.3 Å². The van der Waals surface area contributed by atoms with Gasteiger partial charge in [-0.05, 0) is 30.3 Å². The molecule has 0 unspecified atom stereocenters. The standard InChI is InChI=1S/C22H18F3N3O3/c23-22(24,25)13-4-3-6-15(10-13)28-12-21-8-7-16(31-21)17(18(21)20(28)30)19(29)27-11-14-5-1-2-9-26-14/h1-10,16-18H,11-12H2,(H,27,29)/t16-,17+,18+,21-/m1/s1. The molecule has 31 heavy (non-hydrogen) atoms. The van der Waals surface area contributed by atoms with Crippen LogP contribution in [-0.4, -0.2) is 35.0 Å². The number of pyridine rings is 1. The fraction of sp³-hybridized carbons (Fsp3) is 0.318. The lowest BCUT2D eigenvalue weighted by Crippen LogP contribution is -2.44. The summed E-state index contributed by atoms with van der Waals surface area (Å²) in [6.07, 6.45) is 0.0745. The Morgan fingerprint density at radius 2 is 2.10 bits per heavy atom. The van der Waals surface area contributed by atoms with Crippen LogP contribution in [0.3, 0.4) is 0 Å². The van der Waals surface area contributed by atoms with Crippen LogP contribution in [0.2, 0.25) is 0 Å². The van der Waals surface area contributed by atoms with Gasteiger partial charge >= 0.3 is 6.18 Å². The van der Waals surface area contributed by atoms with Crippen molar-refractivity contribution in [2.75, 3.05) is 11.4 Å². The highest BCUT2D eigenvalue weighted by atomic mass is 19.4. The molecule has 2 saturated heterocycles. The van der Waals surface area contributed by atoms with Crippen molar-refractivity contribution in [1.29, 1.82) is 0 Å². The predicted molar refractivity (Wildman–Crippen MR) is 104 cm³/mol. The van der Waals surface area contributed by atoms with Gasteiger partial charge in [-0.2, -0.15) is 13.2 Å². The molecule has 9 heteroatoms. The summed E-state index contributed by atoms with van der Waals surface area (Å²) in [7, 11) is 0. The van der Waals surface area contributed by atoms with Gasteiger partial charge in [-0.1, -0.05) is 24.3 Å². The Morgan fingerprint density at radius 3 is 2.84 bits per heavy atom. The van der Waals surface area contributed by atoms with Crippen molar-refractivity contribution in [3.05, 3.63) is 72.1 Å². The largest absolute Gasteiger partial charge is 0.416 e. The number of nitrogens with one attached hydrogen (secondary N) is 1. The third-order valence-corrected chi connectivity index (χ3v) is 6.06. The zero-order chi connectivity index (χ0) is 21.8. The van der Waals surface area contributed by atoms with Crippen molar-refractivity contribution in [2.45, 2.75) is 24.4 Å². The Kier molecular flexibility index (Phi) is 4.40. The number of carbonyl (C=O) groups excluding carboxylic acids is 2. The van der Waals surface area contributed by atoms with Gasteiger partial charge in [-0.25, -0.2) is 0 Å². The second-order valence-corrected chi connectivity index (χ2v) is 7.91. The SMILES string of the molecule is O=C(NCc1ccccn1)[C@@H]1[C@H]2C(=O)N(c3cccc(C(F)(F)F)c3)C[C@]23C=C[C@H]1O3. The molecule has 0 aliphatic carbocycles. The van der Waals surface area contributed by atoms with E-state index in [4.69, 9.17) is 4.74 Å². The van der Waals surface area contributed by atoms with Crippen molar-refractivity contribution in [3.8, 4) is 0 Å². The number of rotatable bonds is 4. The zero-order valence-electron chi connectivity index (χ0n) is 16.2. The molecule has 0 saturated carbocycles. The Hall–Kier alpha value is -3.20. The number of nitrogens with zero attached hydrogens (tertiary/aromatic N) is 2. The molecular weight excluding hydrogens is 411 g/mol. The van der Waals surface area contributed by atoms with E-state index < -0.39 is 41.2 Å². The molecule has 1 spiro atoms. The van der Waals surface area contributed by atoms with Crippen LogP contribution in [-0.2, 0) is 27.0 Å². The van der Waals surface area contributed by atoms with Gasteiger partial charge in [0.25, 0.3) is 0 Å². The third kappa shape index (κ3) is 3.20. The van der Waals surface area contributed by atoms with Crippen LogP contribution in [0.1, 0.15) is 11.3 Å². The Labute approximate surface area is 175 Å². The molecule has 1 aromatic carbocycles. The summed E-state index contributed by atoms with van der Waals surface area (Å²) in [5.41, 5.74) is -1.04. The number of carbonyl (C=O) groups is 2. The minimum atomic E-state index is -4.52. The number of aromatic nitrogens is 1. The number of benzene rings is 1. The Balaban J connectivity index is 1.39. The van der Waals surface area contributed by atoms with Crippen LogP contribution in [0, 0.1) is 11.8 Å². The van der Waals surface area contributed by atoms with E-state index in [-0.39, 0.29) is 24.7 Å². The maximum absolute atomic E-state index is 13.3. The van der Waals surface area contributed by atoms with E-state index in [1.807, 2.05) is 0 Å². The average molecular weight is 429 g/mol. The molecular formula is C22H18F3N3O3. The summed E-state index contributed by atoms with van der Waals surface area (Å²) in [5, 5.41) is 2.80.